The standard InChI is InChI=1S/C16H31FN2/c1-13(2)18-9-4-5-15(6-10-18)14(3)19-11-7-16(17)8-12-19/h13-16H,4-12H2,1-3H3. The second kappa shape index (κ2) is 7.03. The van der Waals surface area contributed by atoms with Crippen LogP contribution in [0.5, 0.6) is 0 Å². The van der Waals surface area contributed by atoms with Gasteiger partial charge in [0.05, 0.1) is 0 Å². The summed E-state index contributed by atoms with van der Waals surface area (Å²) in [5, 5.41) is 0. The van der Waals surface area contributed by atoms with Crippen LogP contribution in [0.4, 0.5) is 4.39 Å². The summed E-state index contributed by atoms with van der Waals surface area (Å²) in [7, 11) is 0. The highest BCUT2D eigenvalue weighted by molar-refractivity contribution is 4.83. The number of hydrogen-bond acceptors (Lipinski definition) is 2. The summed E-state index contributed by atoms with van der Waals surface area (Å²) in [5.74, 6) is 0.805. The molecule has 0 radical (unpaired) electrons. The Balaban J connectivity index is 1.84. The smallest absolute Gasteiger partial charge is 0.103 e. The van der Waals surface area contributed by atoms with E-state index in [-0.39, 0.29) is 0 Å². The molecular weight excluding hydrogens is 239 g/mol. The van der Waals surface area contributed by atoms with Gasteiger partial charge in [-0.1, -0.05) is 0 Å². The van der Waals surface area contributed by atoms with Crippen LogP contribution in [0, 0.1) is 5.92 Å². The molecule has 2 atom stereocenters. The molecule has 0 spiro atoms. The van der Waals surface area contributed by atoms with Crippen molar-refractivity contribution in [1.29, 1.82) is 0 Å². The number of rotatable bonds is 3. The number of piperidine rings is 1. The van der Waals surface area contributed by atoms with Crippen molar-refractivity contribution in [2.24, 2.45) is 5.92 Å². The van der Waals surface area contributed by atoms with E-state index in [1.54, 1.807) is 0 Å². The molecule has 2 rings (SSSR count). The van der Waals surface area contributed by atoms with Crippen LogP contribution in [0.2, 0.25) is 0 Å². The zero-order chi connectivity index (χ0) is 13.8. The van der Waals surface area contributed by atoms with E-state index in [1.807, 2.05) is 0 Å². The van der Waals surface area contributed by atoms with Crippen LogP contribution in [-0.4, -0.2) is 54.2 Å². The van der Waals surface area contributed by atoms with E-state index in [0.29, 0.717) is 12.1 Å². The quantitative estimate of drug-likeness (QED) is 0.776. The number of hydrogen-bond donors (Lipinski definition) is 0. The Bertz CT molecular complexity index is 261. The molecule has 2 fully saturated rings. The van der Waals surface area contributed by atoms with Gasteiger partial charge in [0.25, 0.3) is 0 Å². The van der Waals surface area contributed by atoms with Gasteiger partial charge in [-0.05, 0) is 71.9 Å². The number of halogens is 1. The van der Waals surface area contributed by atoms with E-state index < -0.39 is 6.17 Å². The number of likely N-dealkylation sites (tertiary alicyclic amines) is 2. The molecule has 0 amide bonds. The molecule has 19 heavy (non-hydrogen) atoms. The largest absolute Gasteiger partial charge is 0.301 e. The summed E-state index contributed by atoms with van der Waals surface area (Å²) in [6, 6.07) is 1.32. The molecule has 0 aromatic carbocycles. The molecule has 112 valence electrons. The maximum absolute atomic E-state index is 13.2. The third-order valence-corrected chi connectivity index (χ3v) is 5.25. The second-order valence-corrected chi connectivity index (χ2v) is 6.77. The van der Waals surface area contributed by atoms with E-state index in [1.165, 1.54) is 32.4 Å². The Labute approximate surface area is 118 Å². The summed E-state index contributed by atoms with van der Waals surface area (Å²) in [4.78, 5) is 5.15. The van der Waals surface area contributed by atoms with Gasteiger partial charge in [-0.3, -0.25) is 0 Å². The van der Waals surface area contributed by atoms with Crippen molar-refractivity contribution >= 4 is 0 Å². The van der Waals surface area contributed by atoms with Crippen LogP contribution >= 0.6 is 0 Å². The van der Waals surface area contributed by atoms with Gasteiger partial charge in [-0.15, -0.1) is 0 Å². The number of alkyl halides is 1. The molecule has 0 aliphatic carbocycles. The summed E-state index contributed by atoms with van der Waals surface area (Å²) in [6.07, 6.45) is 4.93. The topological polar surface area (TPSA) is 6.48 Å². The van der Waals surface area contributed by atoms with E-state index in [0.717, 1.165) is 31.8 Å². The molecule has 0 N–H and O–H groups in total. The van der Waals surface area contributed by atoms with Crippen molar-refractivity contribution in [1.82, 2.24) is 9.80 Å². The normalized spacial score (nSPS) is 30.5. The lowest BCUT2D eigenvalue weighted by molar-refractivity contribution is 0.0840. The molecule has 2 aliphatic heterocycles. The fourth-order valence-corrected chi connectivity index (χ4v) is 3.72. The van der Waals surface area contributed by atoms with Crippen LogP contribution in [0.1, 0.15) is 52.9 Å². The molecule has 2 nitrogen and oxygen atoms in total. The van der Waals surface area contributed by atoms with Gasteiger partial charge < -0.3 is 9.80 Å². The summed E-state index contributed by atoms with van der Waals surface area (Å²) in [6.45, 7) is 11.4. The van der Waals surface area contributed by atoms with Crippen LogP contribution < -0.4 is 0 Å². The fourth-order valence-electron chi connectivity index (χ4n) is 3.72. The molecular formula is C16H31FN2. The Morgan fingerprint density at radius 1 is 0.842 bits per heavy atom. The lowest BCUT2D eigenvalue weighted by Gasteiger charge is -2.38. The average Bonchev–Trinajstić information content (AvgIpc) is 2.64. The van der Waals surface area contributed by atoms with Crippen molar-refractivity contribution in [2.75, 3.05) is 26.2 Å². The van der Waals surface area contributed by atoms with Crippen LogP contribution in [0.3, 0.4) is 0 Å². The monoisotopic (exact) mass is 270 g/mol. The molecule has 3 heteroatoms. The molecule has 2 heterocycles. The first kappa shape index (κ1) is 15.2. The van der Waals surface area contributed by atoms with Gasteiger partial charge in [0.2, 0.25) is 0 Å². The van der Waals surface area contributed by atoms with Gasteiger partial charge in [-0.25, -0.2) is 4.39 Å². The third kappa shape index (κ3) is 4.16. The van der Waals surface area contributed by atoms with Crippen LogP contribution in [0.25, 0.3) is 0 Å². The first-order chi connectivity index (χ1) is 9.08. The zero-order valence-electron chi connectivity index (χ0n) is 12.9. The van der Waals surface area contributed by atoms with E-state index in [4.69, 9.17) is 0 Å². The Kier molecular flexibility index (Phi) is 5.64. The molecule has 0 aromatic rings. The average molecular weight is 270 g/mol. The van der Waals surface area contributed by atoms with Crippen LogP contribution in [-0.2, 0) is 0 Å². The van der Waals surface area contributed by atoms with Crippen molar-refractivity contribution in [2.45, 2.75) is 71.1 Å². The fraction of sp³-hybridized carbons (Fsp3) is 1.00. The lowest BCUT2D eigenvalue weighted by atomic mass is 9.91. The minimum atomic E-state index is -0.547. The summed E-state index contributed by atoms with van der Waals surface area (Å²) >= 11 is 0. The SMILES string of the molecule is CC(C)N1CCCC(C(C)N2CCC(F)CC2)CC1. The predicted molar refractivity (Wildman–Crippen MR) is 79.2 cm³/mol. The summed E-state index contributed by atoms with van der Waals surface area (Å²) in [5.41, 5.74) is 0. The van der Waals surface area contributed by atoms with Gasteiger partial charge in [0, 0.05) is 25.2 Å². The van der Waals surface area contributed by atoms with Gasteiger partial charge in [0.1, 0.15) is 6.17 Å². The highest BCUT2D eigenvalue weighted by atomic mass is 19.1. The van der Waals surface area contributed by atoms with Gasteiger partial charge >= 0.3 is 0 Å². The van der Waals surface area contributed by atoms with E-state index in [2.05, 4.69) is 30.6 Å². The minimum absolute atomic E-state index is 0.547. The van der Waals surface area contributed by atoms with Crippen molar-refractivity contribution in [3.05, 3.63) is 0 Å². The Morgan fingerprint density at radius 3 is 2.11 bits per heavy atom. The molecule has 0 bridgehead atoms. The predicted octanol–water partition coefficient (Wildman–Crippen LogP) is 3.32. The third-order valence-electron chi connectivity index (χ3n) is 5.25. The number of nitrogens with zero attached hydrogens (tertiary/aromatic N) is 2. The van der Waals surface area contributed by atoms with Crippen molar-refractivity contribution in [3.63, 3.8) is 0 Å². The maximum Gasteiger partial charge on any atom is 0.103 e. The van der Waals surface area contributed by atoms with Gasteiger partial charge in [-0.2, -0.15) is 0 Å². The Hall–Kier alpha value is -0.150. The molecule has 0 aromatic heterocycles. The molecule has 0 saturated carbocycles. The van der Waals surface area contributed by atoms with Crippen molar-refractivity contribution < 1.29 is 4.39 Å². The van der Waals surface area contributed by atoms with E-state index >= 15 is 0 Å². The molecule has 2 unspecified atom stereocenters. The first-order valence-electron chi connectivity index (χ1n) is 8.20. The zero-order valence-corrected chi connectivity index (χ0v) is 12.9. The molecule has 2 saturated heterocycles. The second-order valence-electron chi connectivity index (χ2n) is 6.77. The maximum atomic E-state index is 13.2. The molecule has 2 aliphatic rings. The highest BCUT2D eigenvalue weighted by Gasteiger charge is 2.29. The Morgan fingerprint density at radius 2 is 1.47 bits per heavy atom. The van der Waals surface area contributed by atoms with Crippen LogP contribution in [0.15, 0.2) is 0 Å². The first-order valence-corrected chi connectivity index (χ1v) is 8.20. The summed E-state index contributed by atoms with van der Waals surface area (Å²) < 4.78 is 13.2. The minimum Gasteiger partial charge on any atom is -0.301 e. The van der Waals surface area contributed by atoms with Crippen molar-refractivity contribution in [3.8, 4) is 0 Å². The van der Waals surface area contributed by atoms with E-state index in [9.17, 15) is 4.39 Å². The highest BCUT2D eigenvalue weighted by Crippen LogP contribution is 2.27. The van der Waals surface area contributed by atoms with Gasteiger partial charge in [0.15, 0.2) is 0 Å². The lowest BCUT2D eigenvalue weighted by Crippen LogP contribution is -2.44.